The van der Waals surface area contributed by atoms with Crippen LogP contribution in [0.5, 0.6) is 0 Å². The van der Waals surface area contributed by atoms with Gasteiger partial charge in [0.15, 0.2) is 12.6 Å². The summed E-state index contributed by atoms with van der Waals surface area (Å²) in [4.78, 5) is 0. The molecule has 0 aliphatic carbocycles. The number of rotatable bonds is 5. The van der Waals surface area contributed by atoms with E-state index in [9.17, 15) is 35.7 Å². The standard InChI is InChI=1S/C13H24O11/c1-21-2-4-6(14)9(17)11(19)13(24-4)22-3-5-7(15)8(16)10(18)12(20)23-5/h4-20H,2-3H2,1H3/t4?,5?,6-,7-,8+,9+,10?,11?,12+,13+/m1/s1. The summed E-state index contributed by atoms with van der Waals surface area (Å²) in [5.41, 5.74) is 0. The van der Waals surface area contributed by atoms with Crippen LogP contribution in [-0.2, 0) is 18.9 Å². The van der Waals surface area contributed by atoms with Gasteiger partial charge >= 0.3 is 0 Å². The Kier molecular flexibility index (Phi) is 6.87. The van der Waals surface area contributed by atoms with E-state index in [1.54, 1.807) is 0 Å². The lowest BCUT2D eigenvalue weighted by Gasteiger charge is -2.42. The fraction of sp³-hybridized carbons (Fsp3) is 1.00. The van der Waals surface area contributed by atoms with E-state index >= 15 is 0 Å². The van der Waals surface area contributed by atoms with Gasteiger partial charge in [0.05, 0.1) is 13.2 Å². The molecule has 0 spiro atoms. The van der Waals surface area contributed by atoms with Crippen molar-refractivity contribution in [2.45, 2.75) is 61.4 Å². The van der Waals surface area contributed by atoms with Gasteiger partial charge in [0.25, 0.3) is 0 Å². The van der Waals surface area contributed by atoms with Crippen LogP contribution in [0.15, 0.2) is 0 Å². The van der Waals surface area contributed by atoms with Gasteiger partial charge in [-0.2, -0.15) is 0 Å². The highest BCUT2D eigenvalue weighted by atomic mass is 16.7. The molecule has 0 aromatic heterocycles. The maximum Gasteiger partial charge on any atom is 0.186 e. The molecule has 4 unspecified atom stereocenters. The van der Waals surface area contributed by atoms with Gasteiger partial charge in [0, 0.05) is 7.11 Å². The largest absolute Gasteiger partial charge is 0.387 e. The van der Waals surface area contributed by atoms with Crippen molar-refractivity contribution in [1.82, 2.24) is 0 Å². The molecule has 11 heteroatoms. The van der Waals surface area contributed by atoms with Crippen LogP contribution in [0, 0.1) is 0 Å². The van der Waals surface area contributed by atoms with Gasteiger partial charge < -0.3 is 54.7 Å². The maximum atomic E-state index is 9.89. The SMILES string of the molecule is COCC1O[C@H](OCC2O[C@H](O)C(O)[C@@H](O)[C@@H]2O)C(O)[C@@H](O)[C@@H]1O. The van der Waals surface area contributed by atoms with Crippen molar-refractivity contribution in [3.05, 3.63) is 0 Å². The van der Waals surface area contributed by atoms with Crippen molar-refractivity contribution >= 4 is 0 Å². The number of ether oxygens (including phenoxy) is 4. The van der Waals surface area contributed by atoms with Crippen molar-refractivity contribution in [1.29, 1.82) is 0 Å². The second-order valence-corrected chi connectivity index (χ2v) is 5.84. The summed E-state index contributed by atoms with van der Waals surface area (Å²) in [6.45, 7) is -0.483. The lowest BCUT2D eigenvalue weighted by Crippen LogP contribution is -2.61. The van der Waals surface area contributed by atoms with Crippen molar-refractivity contribution < 1.29 is 54.7 Å². The average Bonchev–Trinajstić information content (AvgIpc) is 2.56. The summed E-state index contributed by atoms with van der Waals surface area (Å²) >= 11 is 0. The third-order valence-corrected chi connectivity index (χ3v) is 4.11. The van der Waals surface area contributed by atoms with Crippen LogP contribution < -0.4 is 0 Å². The second-order valence-electron chi connectivity index (χ2n) is 5.84. The van der Waals surface area contributed by atoms with Crippen molar-refractivity contribution in [3.8, 4) is 0 Å². The molecule has 2 rings (SSSR count). The Hall–Kier alpha value is -0.440. The molecule has 11 nitrogen and oxygen atoms in total. The third kappa shape index (κ3) is 4.03. The van der Waals surface area contributed by atoms with Crippen LogP contribution >= 0.6 is 0 Å². The van der Waals surface area contributed by atoms with E-state index in [0.717, 1.165) is 0 Å². The molecular weight excluding hydrogens is 332 g/mol. The third-order valence-electron chi connectivity index (χ3n) is 4.11. The van der Waals surface area contributed by atoms with Crippen LogP contribution in [0.4, 0.5) is 0 Å². The quantitative estimate of drug-likeness (QED) is 0.251. The van der Waals surface area contributed by atoms with Crippen LogP contribution in [0.3, 0.4) is 0 Å². The molecule has 0 saturated carbocycles. The summed E-state index contributed by atoms with van der Waals surface area (Å²) < 4.78 is 20.3. The van der Waals surface area contributed by atoms with Crippen LogP contribution in [0.2, 0.25) is 0 Å². The van der Waals surface area contributed by atoms with E-state index in [1.807, 2.05) is 0 Å². The van der Waals surface area contributed by atoms with Gasteiger partial charge in [-0.3, -0.25) is 0 Å². The summed E-state index contributed by atoms with van der Waals surface area (Å²) in [7, 11) is 1.36. The Labute approximate surface area is 137 Å². The number of aliphatic hydroxyl groups excluding tert-OH is 7. The first-order valence-corrected chi connectivity index (χ1v) is 7.45. The molecule has 0 amide bonds. The number of hydrogen-bond donors (Lipinski definition) is 7. The Bertz CT molecular complexity index is 396. The fourth-order valence-electron chi connectivity index (χ4n) is 2.61. The molecule has 10 atom stereocenters. The molecule has 2 aliphatic heterocycles. The Balaban J connectivity index is 1.94. The number of hydrogen-bond acceptors (Lipinski definition) is 11. The predicted molar refractivity (Wildman–Crippen MR) is 73.4 cm³/mol. The van der Waals surface area contributed by atoms with Gasteiger partial charge in [0.1, 0.15) is 48.8 Å². The molecule has 0 aromatic rings. The first-order valence-electron chi connectivity index (χ1n) is 7.45. The van der Waals surface area contributed by atoms with E-state index in [0.29, 0.717) is 0 Å². The van der Waals surface area contributed by atoms with E-state index in [-0.39, 0.29) is 6.61 Å². The van der Waals surface area contributed by atoms with Gasteiger partial charge in [0.2, 0.25) is 0 Å². The molecule has 0 radical (unpaired) electrons. The molecule has 0 aromatic carbocycles. The van der Waals surface area contributed by atoms with E-state index in [2.05, 4.69) is 0 Å². The molecular formula is C13H24O11. The number of methoxy groups -OCH3 is 1. The number of aliphatic hydroxyl groups is 7. The normalized spacial score (nSPS) is 50.0. The average molecular weight is 356 g/mol. The van der Waals surface area contributed by atoms with E-state index in [1.165, 1.54) is 7.11 Å². The van der Waals surface area contributed by atoms with Crippen molar-refractivity contribution in [2.75, 3.05) is 20.3 Å². The zero-order valence-corrected chi connectivity index (χ0v) is 13.0. The lowest BCUT2D eigenvalue weighted by atomic mass is 9.98. The Morgan fingerprint density at radius 1 is 0.667 bits per heavy atom. The van der Waals surface area contributed by atoms with Gasteiger partial charge in [-0.25, -0.2) is 0 Å². The molecule has 7 N–H and O–H groups in total. The first kappa shape index (κ1) is 19.9. The fourth-order valence-corrected chi connectivity index (χ4v) is 2.61. The van der Waals surface area contributed by atoms with Crippen LogP contribution in [-0.4, -0.2) is 117 Å². The molecule has 2 saturated heterocycles. The summed E-state index contributed by atoms with van der Waals surface area (Å²) in [5.74, 6) is 0. The smallest absolute Gasteiger partial charge is 0.186 e. The highest BCUT2D eigenvalue weighted by molar-refractivity contribution is 4.91. The summed E-state index contributed by atoms with van der Waals surface area (Å²) in [6, 6.07) is 0. The highest BCUT2D eigenvalue weighted by Crippen LogP contribution is 2.25. The van der Waals surface area contributed by atoms with E-state index < -0.39 is 68.0 Å². The molecule has 2 aliphatic rings. The predicted octanol–water partition coefficient (Wildman–Crippen LogP) is -4.74. The molecule has 0 bridgehead atoms. The molecule has 2 fully saturated rings. The minimum atomic E-state index is -1.72. The second kappa shape index (κ2) is 8.29. The molecule has 24 heavy (non-hydrogen) atoms. The Morgan fingerprint density at radius 3 is 1.79 bits per heavy atom. The maximum absolute atomic E-state index is 9.89. The van der Waals surface area contributed by atoms with E-state index in [4.69, 9.17) is 18.9 Å². The highest BCUT2D eigenvalue weighted by Gasteiger charge is 2.46. The van der Waals surface area contributed by atoms with Crippen LogP contribution in [0.1, 0.15) is 0 Å². The Morgan fingerprint density at radius 2 is 1.21 bits per heavy atom. The molecule has 142 valence electrons. The summed E-state index contributed by atoms with van der Waals surface area (Å²) in [6.07, 6.45) is -14.6. The topological polar surface area (TPSA) is 179 Å². The van der Waals surface area contributed by atoms with Crippen LogP contribution in [0.25, 0.3) is 0 Å². The van der Waals surface area contributed by atoms with Gasteiger partial charge in [-0.15, -0.1) is 0 Å². The summed E-state index contributed by atoms with van der Waals surface area (Å²) in [5, 5.41) is 67.7. The van der Waals surface area contributed by atoms with Crippen molar-refractivity contribution in [3.63, 3.8) is 0 Å². The van der Waals surface area contributed by atoms with Crippen molar-refractivity contribution in [2.24, 2.45) is 0 Å². The minimum Gasteiger partial charge on any atom is -0.387 e. The lowest BCUT2D eigenvalue weighted by molar-refractivity contribution is -0.326. The minimum absolute atomic E-state index is 0.0586. The first-order chi connectivity index (χ1) is 11.3. The monoisotopic (exact) mass is 356 g/mol. The zero-order chi connectivity index (χ0) is 18.0. The molecule has 2 heterocycles. The zero-order valence-electron chi connectivity index (χ0n) is 13.0. The van der Waals surface area contributed by atoms with Gasteiger partial charge in [-0.1, -0.05) is 0 Å². The van der Waals surface area contributed by atoms with Gasteiger partial charge in [-0.05, 0) is 0 Å².